The molecule has 2 amide bonds. The number of amides is 2. The van der Waals surface area contributed by atoms with E-state index in [9.17, 15) is 14.4 Å². The maximum absolute atomic E-state index is 12.0. The average Bonchev–Trinajstić information content (AvgIpc) is 2.93. The van der Waals surface area contributed by atoms with Crippen LogP contribution in [0.2, 0.25) is 0 Å². The Morgan fingerprint density at radius 3 is 2.57 bits per heavy atom. The first-order chi connectivity index (χ1) is 11.0. The molecule has 1 fully saturated rings. The number of nitrogens with zero attached hydrogens (tertiary/aromatic N) is 1. The van der Waals surface area contributed by atoms with Gasteiger partial charge in [-0.2, -0.15) is 0 Å². The molecule has 2 rings (SSSR count). The molecule has 1 aromatic carbocycles. The van der Waals surface area contributed by atoms with E-state index >= 15 is 0 Å². The molecule has 0 saturated carbocycles. The van der Waals surface area contributed by atoms with Crippen LogP contribution in [0.5, 0.6) is 5.75 Å². The van der Waals surface area contributed by atoms with Crippen LogP contribution >= 0.6 is 0 Å². The maximum Gasteiger partial charge on any atom is 0.326 e. The van der Waals surface area contributed by atoms with E-state index in [4.69, 9.17) is 9.47 Å². The number of ether oxygens (including phenoxy) is 2. The molecule has 1 aromatic rings. The predicted octanol–water partition coefficient (Wildman–Crippen LogP) is 1.19. The Balaban J connectivity index is 1.81. The zero-order chi connectivity index (χ0) is 16.8. The van der Waals surface area contributed by atoms with Gasteiger partial charge in [0.25, 0.3) is 5.91 Å². The molecule has 23 heavy (non-hydrogen) atoms. The molecule has 124 valence electrons. The van der Waals surface area contributed by atoms with Crippen molar-refractivity contribution in [3.05, 3.63) is 24.3 Å². The van der Waals surface area contributed by atoms with Crippen molar-refractivity contribution in [2.75, 3.05) is 25.5 Å². The van der Waals surface area contributed by atoms with Crippen LogP contribution in [0.15, 0.2) is 24.3 Å². The van der Waals surface area contributed by atoms with Crippen molar-refractivity contribution in [1.29, 1.82) is 0 Å². The summed E-state index contributed by atoms with van der Waals surface area (Å²) >= 11 is 0. The van der Waals surface area contributed by atoms with Crippen LogP contribution in [0.4, 0.5) is 5.69 Å². The van der Waals surface area contributed by atoms with Crippen LogP contribution in [0.1, 0.15) is 19.8 Å². The molecular weight excluding hydrogens is 300 g/mol. The fourth-order valence-electron chi connectivity index (χ4n) is 2.23. The molecule has 0 unspecified atom stereocenters. The fraction of sp³-hybridized carbons (Fsp3) is 0.438. The van der Waals surface area contributed by atoms with Crippen molar-refractivity contribution in [2.24, 2.45) is 0 Å². The number of likely N-dealkylation sites (tertiary alicyclic amines) is 1. The van der Waals surface area contributed by atoms with E-state index in [1.54, 1.807) is 31.4 Å². The predicted molar refractivity (Wildman–Crippen MR) is 83.0 cm³/mol. The molecule has 0 spiro atoms. The number of rotatable bonds is 6. The highest BCUT2D eigenvalue weighted by Crippen LogP contribution is 2.15. The number of methoxy groups -OCH3 is 1. The van der Waals surface area contributed by atoms with Gasteiger partial charge in [-0.25, -0.2) is 0 Å². The van der Waals surface area contributed by atoms with Crippen LogP contribution in [0.3, 0.4) is 0 Å². The van der Waals surface area contributed by atoms with E-state index in [0.717, 1.165) is 6.42 Å². The Morgan fingerprint density at radius 2 is 2.00 bits per heavy atom. The lowest BCUT2D eigenvalue weighted by atomic mass is 10.3. The third kappa shape index (κ3) is 4.70. The highest BCUT2D eigenvalue weighted by atomic mass is 16.5. The Kier molecular flexibility index (Phi) is 5.56. The number of benzene rings is 1. The van der Waals surface area contributed by atoms with E-state index in [1.165, 1.54) is 11.8 Å². The quantitative estimate of drug-likeness (QED) is 0.796. The van der Waals surface area contributed by atoms with Crippen LogP contribution in [0, 0.1) is 0 Å². The number of anilines is 1. The molecule has 7 heteroatoms. The maximum atomic E-state index is 12.0. The molecule has 1 aliphatic rings. The summed E-state index contributed by atoms with van der Waals surface area (Å²) in [6, 6.07) is 6.80. The molecule has 1 saturated heterocycles. The first-order valence-corrected chi connectivity index (χ1v) is 7.42. The average molecular weight is 320 g/mol. The molecule has 0 radical (unpaired) electrons. The molecule has 1 heterocycles. The van der Waals surface area contributed by atoms with Crippen molar-refractivity contribution in [2.45, 2.75) is 25.9 Å². The van der Waals surface area contributed by atoms with Crippen LogP contribution in [-0.2, 0) is 19.1 Å². The summed E-state index contributed by atoms with van der Waals surface area (Å²) in [7, 11) is 1.56. The lowest BCUT2D eigenvalue weighted by Gasteiger charge is -2.17. The number of nitrogens with one attached hydrogen (secondary N) is 1. The number of carbonyl (C=O) groups excluding carboxylic acids is 3. The second-order valence-corrected chi connectivity index (χ2v) is 5.27. The minimum absolute atomic E-state index is 0.0581. The molecular formula is C16H20N2O5. The van der Waals surface area contributed by atoms with E-state index in [2.05, 4.69) is 5.32 Å². The van der Waals surface area contributed by atoms with Crippen LogP contribution in [0.25, 0.3) is 0 Å². The van der Waals surface area contributed by atoms with Crippen LogP contribution in [-0.4, -0.2) is 49.0 Å². The third-order valence-corrected chi connectivity index (χ3v) is 3.53. The zero-order valence-electron chi connectivity index (χ0n) is 13.2. The van der Waals surface area contributed by atoms with E-state index in [0.29, 0.717) is 24.4 Å². The van der Waals surface area contributed by atoms with Gasteiger partial charge in [-0.3, -0.25) is 14.4 Å². The first-order valence-electron chi connectivity index (χ1n) is 7.42. The molecule has 0 aliphatic carbocycles. The Morgan fingerprint density at radius 1 is 1.30 bits per heavy atom. The Bertz CT molecular complexity index is 585. The smallest absolute Gasteiger partial charge is 0.326 e. The van der Waals surface area contributed by atoms with Gasteiger partial charge in [0.15, 0.2) is 6.10 Å². The highest BCUT2D eigenvalue weighted by Gasteiger charge is 2.25. The van der Waals surface area contributed by atoms with Crippen molar-refractivity contribution in [1.82, 2.24) is 4.90 Å². The molecule has 1 atom stereocenters. The fourth-order valence-corrected chi connectivity index (χ4v) is 2.23. The topological polar surface area (TPSA) is 84.9 Å². The lowest BCUT2D eigenvalue weighted by Crippen LogP contribution is -2.36. The van der Waals surface area contributed by atoms with Gasteiger partial charge in [-0.15, -0.1) is 0 Å². The third-order valence-electron chi connectivity index (χ3n) is 3.53. The standard InChI is InChI=1S/C16H20N2O5/c1-11(23-15(20)10-18-9-3-4-14(18)19)16(21)17-12-5-7-13(22-2)8-6-12/h5-8,11H,3-4,9-10H2,1-2H3,(H,17,21)/t11-/m1/s1. The van der Waals surface area contributed by atoms with Crippen molar-refractivity contribution in [3.8, 4) is 5.75 Å². The van der Waals surface area contributed by atoms with Crippen LogP contribution < -0.4 is 10.1 Å². The first kappa shape index (κ1) is 16.8. The van der Waals surface area contributed by atoms with Gasteiger partial charge < -0.3 is 19.7 Å². The Labute approximate surface area is 134 Å². The summed E-state index contributed by atoms with van der Waals surface area (Å²) in [6.45, 7) is 1.93. The SMILES string of the molecule is COc1ccc(NC(=O)[C@@H](C)OC(=O)CN2CCCC2=O)cc1. The lowest BCUT2D eigenvalue weighted by molar-refractivity contribution is -0.155. The monoisotopic (exact) mass is 320 g/mol. The normalized spacial score (nSPS) is 15.2. The van der Waals surface area contributed by atoms with Crippen molar-refractivity contribution >= 4 is 23.5 Å². The van der Waals surface area contributed by atoms with E-state index in [-0.39, 0.29) is 12.5 Å². The molecule has 7 nitrogen and oxygen atoms in total. The Hall–Kier alpha value is -2.57. The molecule has 1 N–H and O–H groups in total. The summed E-state index contributed by atoms with van der Waals surface area (Å²) in [4.78, 5) is 36.7. The summed E-state index contributed by atoms with van der Waals surface area (Å²) < 4.78 is 10.1. The number of carbonyl (C=O) groups is 3. The highest BCUT2D eigenvalue weighted by molar-refractivity contribution is 5.95. The van der Waals surface area contributed by atoms with Gasteiger partial charge in [0.2, 0.25) is 5.91 Å². The van der Waals surface area contributed by atoms with Gasteiger partial charge in [0.05, 0.1) is 7.11 Å². The van der Waals surface area contributed by atoms with Gasteiger partial charge in [-0.05, 0) is 37.6 Å². The van der Waals surface area contributed by atoms with E-state index in [1.807, 2.05) is 0 Å². The second-order valence-electron chi connectivity index (χ2n) is 5.27. The summed E-state index contributed by atoms with van der Waals surface area (Å²) in [6.07, 6.45) is 0.266. The summed E-state index contributed by atoms with van der Waals surface area (Å²) in [5.41, 5.74) is 0.577. The van der Waals surface area contributed by atoms with Crippen molar-refractivity contribution < 1.29 is 23.9 Å². The van der Waals surface area contributed by atoms with Gasteiger partial charge in [-0.1, -0.05) is 0 Å². The minimum atomic E-state index is -0.942. The van der Waals surface area contributed by atoms with Gasteiger partial charge in [0.1, 0.15) is 12.3 Å². The largest absolute Gasteiger partial charge is 0.497 e. The number of hydrogen-bond donors (Lipinski definition) is 1. The zero-order valence-corrected chi connectivity index (χ0v) is 13.2. The molecule has 1 aliphatic heterocycles. The van der Waals surface area contributed by atoms with Gasteiger partial charge >= 0.3 is 5.97 Å². The molecule has 0 aromatic heterocycles. The summed E-state index contributed by atoms with van der Waals surface area (Å²) in [5.74, 6) is -0.399. The van der Waals surface area contributed by atoms with Crippen molar-refractivity contribution in [3.63, 3.8) is 0 Å². The number of esters is 1. The number of hydrogen-bond acceptors (Lipinski definition) is 5. The van der Waals surface area contributed by atoms with E-state index < -0.39 is 18.0 Å². The molecule has 0 bridgehead atoms. The second kappa shape index (κ2) is 7.62. The minimum Gasteiger partial charge on any atom is -0.497 e. The summed E-state index contributed by atoms with van der Waals surface area (Å²) in [5, 5.41) is 2.65. The van der Waals surface area contributed by atoms with Gasteiger partial charge in [0, 0.05) is 18.7 Å².